The van der Waals surface area contributed by atoms with Crippen LogP contribution in [-0.2, 0) is 25.7 Å². The van der Waals surface area contributed by atoms with Crippen LogP contribution >= 0.6 is 11.3 Å². The molecule has 0 aliphatic carbocycles. The smallest absolute Gasteiger partial charge is 0.274 e. The summed E-state index contributed by atoms with van der Waals surface area (Å²) in [5.74, 6) is -1.83. The summed E-state index contributed by atoms with van der Waals surface area (Å²) < 4.78 is 20.3. The fourth-order valence-electron chi connectivity index (χ4n) is 10.3. The standard InChI is InChI=1S/C61H70FN11O7S/c1-39-55(81-38-67-39)41-20-18-40(19-21-41)35-66-59(78)50-33-44(74)37-73(50)60(79)56(61(2,3)4)70-52(75)16-11-9-7-6-8-10-12-17-53(76)72-30-28-71(29-31-72)49-32-42(45-36-64-26-24-43(45)34-63)22-23-47(49)69-58(77)48-25-27-65-57(68-48)54-46(62)14-13-15-51(54)80-5/h13-15,18-27,32,36,38,44,50,56,74H,6-12,16-17,28-31,33,35,37H2,1-5H3,(H,66,78)(H,69,77)(H,70,75)/t44-,50+,56-/m1/s1. The first-order valence-electron chi connectivity index (χ1n) is 27.6. The highest BCUT2D eigenvalue weighted by Gasteiger charge is 2.44. The number of hydrogen-bond donors (Lipinski definition) is 4. The van der Waals surface area contributed by atoms with Gasteiger partial charge in [0.1, 0.15) is 29.3 Å². The summed E-state index contributed by atoms with van der Waals surface area (Å²) >= 11 is 1.57. The fourth-order valence-corrected chi connectivity index (χ4v) is 11.1. The van der Waals surface area contributed by atoms with Crippen molar-refractivity contribution in [1.82, 2.24) is 40.4 Å². The topological polar surface area (TPSA) is 236 Å². The molecule has 0 saturated carbocycles. The Morgan fingerprint density at radius 2 is 1.60 bits per heavy atom. The first kappa shape index (κ1) is 59.0. The van der Waals surface area contributed by atoms with Gasteiger partial charge in [-0.1, -0.05) is 89.3 Å². The normalized spacial score (nSPS) is 15.7. The van der Waals surface area contributed by atoms with E-state index in [1.54, 1.807) is 48.0 Å². The minimum atomic E-state index is -0.893. The van der Waals surface area contributed by atoms with Gasteiger partial charge in [-0.15, -0.1) is 11.3 Å². The molecule has 6 aromatic rings. The minimum Gasteiger partial charge on any atom is -0.496 e. The van der Waals surface area contributed by atoms with Crippen molar-refractivity contribution in [2.45, 2.75) is 117 Å². The number of carbonyl (C=O) groups is 5. The van der Waals surface area contributed by atoms with Gasteiger partial charge < -0.3 is 40.5 Å². The van der Waals surface area contributed by atoms with Crippen LogP contribution in [0.5, 0.6) is 5.75 Å². The molecule has 2 aliphatic heterocycles. The number of benzene rings is 3. The maximum absolute atomic E-state index is 15.0. The van der Waals surface area contributed by atoms with Crippen molar-refractivity contribution in [1.29, 1.82) is 5.26 Å². The second-order valence-electron chi connectivity index (χ2n) is 21.6. The van der Waals surface area contributed by atoms with E-state index in [9.17, 15) is 38.7 Å². The maximum Gasteiger partial charge on any atom is 0.274 e. The molecule has 4 N–H and O–H groups in total. The first-order chi connectivity index (χ1) is 39.0. The van der Waals surface area contributed by atoms with Crippen LogP contribution in [0.1, 0.15) is 112 Å². The molecule has 3 aromatic heterocycles. The molecule has 2 saturated heterocycles. The van der Waals surface area contributed by atoms with E-state index in [4.69, 9.17) is 4.74 Å². The highest BCUT2D eigenvalue weighted by atomic mass is 32.1. The Morgan fingerprint density at radius 3 is 2.30 bits per heavy atom. The largest absolute Gasteiger partial charge is 0.496 e. The zero-order valence-corrected chi connectivity index (χ0v) is 47.4. The number of aryl methyl sites for hydroxylation is 1. The van der Waals surface area contributed by atoms with Crippen LogP contribution in [0, 0.1) is 29.5 Å². The zero-order chi connectivity index (χ0) is 57.6. The molecule has 2 fully saturated rings. The number of unbranched alkanes of at least 4 members (excludes halogenated alkanes) is 6. The number of amides is 5. The Labute approximate surface area is 476 Å². The third-order valence-electron chi connectivity index (χ3n) is 14.8. The number of aliphatic hydroxyl groups is 1. The van der Waals surface area contributed by atoms with Gasteiger partial charge >= 0.3 is 0 Å². The third-order valence-corrected chi connectivity index (χ3v) is 15.8. The number of carbonyl (C=O) groups excluding carboxylic acids is 5. The number of nitrogens with one attached hydrogen (secondary N) is 3. The van der Waals surface area contributed by atoms with E-state index in [1.165, 1.54) is 36.4 Å². The molecule has 424 valence electrons. The van der Waals surface area contributed by atoms with Crippen LogP contribution < -0.4 is 25.6 Å². The average molecular weight is 1120 g/mol. The Bertz CT molecular complexity index is 3240. The molecular formula is C61H70FN11O7S. The van der Waals surface area contributed by atoms with Crippen molar-refractivity contribution in [3.63, 3.8) is 0 Å². The number of β-amino-alcohol motifs (C(OH)–C–C–N with tert-alkyl or cyclic N) is 1. The predicted octanol–water partition coefficient (Wildman–Crippen LogP) is 8.88. The fraction of sp³-hybridized carbons (Fsp3) is 0.410. The maximum atomic E-state index is 15.0. The van der Waals surface area contributed by atoms with E-state index in [-0.39, 0.29) is 66.5 Å². The number of aliphatic hydroxyl groups excluding tert-OH is 1. The summed E-state index contributed by atoms with van der Waals surface area (Å²) in [5, 5.41) is 29.4. The van der Waals surface area contributed by atoms with Crippen LogP contribution in [0.2, 0.25) is 0 Å². The van der Waals surface area contributed by atoms with E-state index in [1.807, 2.05) is 68.4 Å². The number of thiazole rings is 1. The summed E-state index contributed by atoms with van der Waals surface area (Å²) in [6.45, 7) is 9.76. The van der Waals surface area contributed by atoms with Crippen molar-refractivity contribution in [2.75, 3.05) is 50.1 Å². The van der Waals surface area contributed by atoms with Crippen LogP contribution in [0.25, 0.3) is 33.0 Å². The number of nitriles is 1. The molecule has 3 atom stereocenters. The number of ether oxygens (including phenoxy) is 1. The summed E-state index contributed by atoms with van der Waals surface area (Å²) in [6, 6.07) is 21.3. The Morgan fingerprint density at radius 1 is 0.889 bits per heavy atom. The van der Waals surface area contributed by atoms with Crippen molar-refractivity contribution >= 4 is 52.2 Å². The molecule has 0 unspecified atom stereocenters. The van der Waals surface area contributed by atoms with Crippen molar-refractivity contribution in [3.05, 3.63) is 125 Å². The third kappa shape index (κ3) is 15.0. The van der Waals surface area contributed by atoms with Crippen molar-refractivity contribution in [2.24, 2.45) is 5.41 Å². The number of rotatable bonds is 22. The monoisotopic (exact) mass is 1120 g/mol. The Kier molecular flexibility index (Phi) is 19.9. The quantitative estimate of drug-likeness (QED) is 0.0466. The number of nitrogens with zero attached hydrogens (tertiary/aromatic N) is 8. The van der Waals surface area contributed by atoms with Gasteiger partial charge in [0.05, 0.1) is 57.9 Å². The van der Waals surface area contributed by atoms with E-state index in [0.717, 1.165) is 65.8 Å². The number of piperazine rings is 1. The van der Waals surface area contributed by atoms with Gasteiger partial charge in [-0.25, -0.2) is 19.3 Å². The highest BCUT2D eigenvalue weighted by Crippen LogP contribution is 2.36. The molecule has 81 heavy (non-hydrogen) atoms. The number of pyridine rings is 1. The van der Waals surface area contributed by atoms with Gasteiger partial charge in [-0.3, -0.25) is 29.0 Å². The molecule has 0 bridgehead atoms. The molecular weight excluding hydrogens is 1050 g/mol. The number of anilines is 2. The lowest BCUT2D eigenvalue weighted by atomic mass is 9.85. The highest BCUT2D eigenvalue weighted by molar-refractivity contribution is 7.13. The molecule has 18 nitrogen and oxygen atoms in total. The second kappa shape index (κ2) is 27.3. The van der Waals surface area contributed by atoms with E-state index >= 15 is 0 Å². The molecule has 5 heterocycles. The van der Waals surface area contributed by atoms with E-state index < -0.39 is 41.2 Å². The van der Waals surface area contributed by atoms with Gasteiger partial charge in [-0.2, -0.15) is 5.26 Å². The lowest BCUT2D eigenvalue weighted by molar-refractivity contribution is -0.144. The minimum absolute atomic E-state index is 0.00326. The summed E-state index contributed by atoms with van der Waals surface area (Å²) in [6.07, 6.45) is 10.5. The SMILES string of the molecule is COc1cccc(F)c1-c1nccc(C(=O)Nc2ccc(-c3cnccc3C#N)cc2N2CCN(C(=O)CCCCCCCCCC(=O)N[C@H](C(=O)N3C[C@H](O)C[C@H]3C(=O)NCc3ccc(-c4scnc4C)cc3)C(C)(C)C)CC2)n1. The summed E-state index contributed by atoms with van der Waals surface area (Å²) in [7, 11) is 1.41. The molecule has 5 amide bonds. The van der Waals surface area contributed by atoms with Crippen molar-refractivity contribution in [3.8, 4) is 44.8 Å². The second-order valence-corrected chi connectivity index (χ2v) is 22.4. The predicted molar refractivity (Wildman–Crippen MR) is 308 cm³/mol. The Hall–Kier alpha value is -8.15. The summed E-state index contributed by atoms with van der Waals surface area (Å²) in [4.78, 5) is 91.8. The van der Waals surface area contributed by atoms with Gasteiger partial charge in [0.25, 0.3) is 5.91 Å². The molecule has 3 aromatic carbocycles. The summed E-state index contributed by atoms with van der Waals surface area (Å²) in [5.41, 5.74) is 7.06. The van der Waals surface area contributed by atoms with E-state index in [0.29, 0.717) is 61.5 Å². The molecule has 0 spiro atoms. The number of likely N-dealkylation sites (tertiary alicyclic amines) is 1. The van der Waals surface area contributed by atoms with Crippen LogP contribution in [-0.4, -0.2) is 122 Å². The number of methoxy groups -OCH3 is 1. The number of halogens is 1. The lowest BCUT2D eigenvalue weighted by Gasteiger charge is -2.37. The van der Waals surface area contributed by atoms with Gasteiger partial charge in [0.2, 0.25) is 23.6 Å². The van der Waals surface area contributed by atoms with Gasteiger partial charge in [0.15, 0.2) is 5.82 Å². The van der Waals surface area contributed by atoms with Crippen molar-refractivity contribution < 1.29 is 38.2 Å². The van der Waals surface area contributed by atoms with Crippen LogP contribution in [0.3, 0.4) is 0 Å². The molecule has 2 aliphatic rings. The van der Waals surface area contributed by atoms with Crippen LogP contribution in [0.4, 0.5) is 15.8 Å². The van der Waals surface area contributed by atoms with Crippen LogP contribution in [0.15, 0.2) is 96.9 Å². The molecule has 20 heteroatoms. The lowest BCUT2D eigenvalue weighted by Crippen LogP contribution is -2.57. The van der Waals surface area contributed by atoms with Gasteiger partial charge in [0, 0.05) is 82.7 Å². The van der Waals surface area contributed by atoms with E-state index in [2.05, 4.69) is 46.9 Å². The Balaban J connectivity index is 0.761. The zero-order valence-electron chi connectivity index (χ0n) is 46.5. The average Bonchev–Trinajstić information content (AvgIpc) is 4.21. The molecule has 0 radical (unpaired) electrons. The number of hydrogen-bond acceptors (Lipinski definition) is 14. The first-order valence-corrected chi connectivity index (χ1v) is 28.4. The number of aromatic nitrogens is 4. The van der Waals surface area contributed by atoms with Gasteiger partial charge in [-0.05, 0) is 78.3 Å². The molecule has 8 rings (SSSR count).